The van der Waals surface area contributed by atoms with Gasteiger partial charge in [-0.15, -0.1) is 0 Å². The van der Waals surface area contributed by atoms with E-state index in [1.54, 1.807) is 0 Å². The van der Waals surface area contributed by atoms with Crippen molar-refractivity contribution in [3.8, 4) is 0 Å². The number of halogens is 3. The number of alkyl halides is 3. The van der Waals surface area contributed by atoms with Crippen LogP contribution in [0.5, 0.6) is 0 Å². The molecule has 20 heavy (non-hydrogen) atoms. The molecule has 0 saturated carbocycles. The Labute approximate surface area is 111 Å². The molecule has 2 rings (SSSR count). The second kappa shape index (κ2) is 5.11. The number of nitrogen functional groups attached to an aromatic ring is 1. The van der Waals surface area contributed by atoms with Crippen molar-refractivity contribution in [2.24, 2.45) is 0 Å². The molecule has 106 valence electrons. The van der Waals surface area contributed by atoms with E-state index >= 15 is 0 Å². The molecule has 0 aliphatic heterocycles. The highest BCUT2D eigenvalue weighted by Crippen LogP contribution is 2.29. The third kappa shape index (κ3) is 3.19. The highest BCUT2D eigenvalue weighted by atomic mass is 19.4. The molecule has 0 radical (unpaired) electrons. The van der Waals surface area contributed by atoms with E-state index in [1.165, 1.54) is 6.20 Å². The summed E-state index contributed by atoms with van der Waals surface area (Å²) < 4.78 is 37.1. The molecule has 1 heterocycles. The number of hydrogen-bond acceptors (Lipinski definition) is 3. The molecule has 1 aromatic heterocycles. The van der Waals surface area contributed by atoms with E-state index in [0.717, 1.165) is 24.3 Å². The molecule has 0 aliphatic rings. The van der Waals surface area contributed by atoms with Crippen molar-refractivity contribution in [1.82, 2.24) is 10.2 Å². The zero-order valence-electron chi connectivity index (χ0n) is 9.95. The van der Waals surface area contributed by atoms with Crippen LogP contribution in [-0.4, -0.2) is 16.2 Å². The molecule has 0 aliphatic carbocycles. The maximum atomic E-state index is 12.4. The van der Waals surface area contributed by atoms with E-state index in [1.807, 2.05) is 0 Å². The fourth-order valence-electron chi connectivity index (χ4n) is 1.41. The monoisotopic (exact) mass is 285 g/mol. The lowest BCUT2D eigenvalue weighted by molar-refractivity contribution is -0.137. The zero-order chi connectivity index (χ0) is 14.8. The zero-order valence-corrected chi connectivity index (χ0v) is 9.95. The Hall–Kier alpha value is -2.71. The number of carbonyl (C=O) groups excluding carboxylic acids is 1. The largest absolute Gasteiger partial charge is 0.416 e. The normalized spacial score (nSPS) is 11.2. The lowest BCUT2D eigenvalue weighted by atomic mass is 10.2. The SMILES string of the molecule is Nc1cn[nH]c1NC(=O)Nc1ccc(C(F)(F)F)cc1. The summed E-state index contributed by atoms with van der Waals surface area (Å²) in [6.45, 7) is 0. The fraction of sp³-hybridized carbons (Fsp3) is 0.0909. The van der Waals surface area contributed by atoms with Crippen molar-refractivity contribution in [3.63, 3.8) is 0 Å². The number of benzene rings is 1. The summed E-state index contributed by atoms with van der Waals surface area (Å²) in [5.41, 5.74) is 5.16. The number of nitrogens with zero attached hydrogens (tertiary/aromatic N) is 1. The average molecular weight is 285 g/mol. The van der Waals surface area contributed by atoms with Crippen LogP contribution in [-0.2, 0) is 6.18 Å². The van der Waals surface area contributed by atoms with Crippen molar-refractivity contribution in [2.45, 2.75) is 6.18 Å². The van der Waals surface area contributed by atoms with Crippen LogP contribution in [0.15, 0.2) is 30.5 Å². The van der Waals surface area contributed by atoms with Crippen molar-refractivity contribution in [1.29, 1.82) is 0 Å². The van der Waals surface area contributed by atoms with E-state index in [4.69, 9.17) is 5.73 Å². The number of amides is 2. The average Bonchev–Trinajstić information content (AvgIpc) is 2.74. The molecule has 1 aromatic carbocycles. The smallest absolute Gasteiger partial charge is 0.394 e. The van der Waals surface area contributed by atoms with Gasteiger partial charge in [-0.05, 0) is 24.3 Å². The second-order valence-electron chi connectivity index (χ2n) is 3.85. The Morgan fingerprint density at radius 2 is 1.85 bits per heavy atom. The lowest BCUT2D eigenvalue weighted by Crippen LogP contribution is -2.20. The highest BCUT2D eigenvalue weighted by molar-refractivity contribution is 6.00. The van der Waals surface area contributed by atoms with Gasteiger partial charge in [0.05, 0.1) is 17.4 Å². The minimum atomic E-state index is -4.41. The van der Waals surface area contributed by atoms with E-state index in [9.17, 15) is 18.0 Å². The number of urea groups is 1. The molecule has 0 atom stereocenters. The standard InChI is InChI=1S/C11H10F3N5O/c12-11(13,14)6-1-3-7(4-2-6)17-10(20)18-9-8(15)5-16-19-9/h1-5H,15H2,(H3,16,17,18,19,20). The summed E-state index contributed by atoms with van der Waals surface area (Å²) in [4.78, 5) is 11.6. The van der Waals surface area contributed by atoms with Gasteiger partial charge in [-0.2, -0.15) is 18.3 Å². The number of carbonyl (C=O) groups is 1. The van der Waals surface area contributed by atoms with Gasteiger partial charge in [0, 0.05) is 5.69 Å². The first-order valence-corrected chi connectivity index (χ1v) is 5.40. The van der Waals surface area contributed by atoms with Gasteiger partial charge in [0.15, 0.2) is 5.82 Å². The Balaban J connectivity index is 2.00. The molecular weight excluding hydrogens is 275 g/mol. The molecular formula is C11H10F3N5O. The first-order chi connectivity index (χ1) is 9.36. The Morgan fingerprint density at radius 3 is 2.35 bits per heavy atom. The molecule has 0 saturated heterocycles. The number of nitrogens with one attached hydrogen (secondary N) is 3. The van der Waals surface area contributed by atoms with Gasteiger partial charge in [-0.3, -0.25) is 10.4 Å². The summed E-state index contributed by atoms with van der Waals surface area (Å²) in [5.74, 6) is 0.203. The number of hydrogen-bond donors (Lipinski definition) is 4. The molecule has 6 nitrogen and oxygen atoms in total. The van der Waals surface area contributed by atoms with Gasteiger partial charge in [-0.1, -0.05) is 0 Å². The molecule has 0 spiro atoms. The van der Waals surface area contributed by atoms with Crippen LogP contribution in [0.4, 0.5) is 35.2 Å². The van der Waals surface area contributed by atoms with Crippen LogP contribution in [0.25, 0.3) is 0 Å². The number of rotatable bonds is 2. The van der Waals surface area contributed by atoms with Crippen LogP contribution in [0.2, 0.25) is 0 Å². The Kier molecular flexibility index (Phi) is 3.51. The van der Waals surface area contributed by atoms with Crippen molar-refractivity contribution in [2.75, 3.05) is 16.4 Å². The number of H-pyrrole nitrogens is 1. The van der Waals surface area contributed by atoms with Crippen molar-refractivity contribution < 1.29 is 18.0 Å². The first kappa shape index (κ1) is 13.7. The topological polar surface area (TPSA) is 95.8 Å². The third-order valence-electron chi connectivity index (χ3n) is 2.38. The summed E-state index contributed by atoms with van der Waals surface area (Å²) in [6.07, 6.45) is -3.10. The van der Waals surface area contributed by atoms with E-state index < -0.39 is 17.8 Å². The van der Waals surface area contributed by atoms with Gasteiger partial charge >= 0.3 is 12.2 Å². The van der Waals surface area contributed by atoms with Gasteiger partial charge in [0.25, 0.3) is 0 Å². The van der Waals surface area contributed by atoms with E-state index in [2.05, 4.69) is 20.8 Å². The highest BCUT2D eigenvalue weighted by Gasteiger charge is 2.29. The minimum absolute atomic E-state index is 0.203. The van der Waals surface area contributed by atoms with Crippen LogP contribution < -0.4 is 16.4 Å². The molecule has 0 bridgehead atoms. The Morgan fingerprint density at radius 1 is 1.20 bits per heavy atom. The van der Waals surface area contributed by atoms with E-state index in [0.29, 0.717) is 0 Å². The number of aromatic nitrogens is 2. The van der Waals surface area contributed by atoms with Gasteiger partial charge in [0.1, 0.15) is 0 Å². The predicted octanol–water partition coefficient (Wildman–Crippen LogP) is 2.65. The molecule has 0 fully saturated rings. The maximum absolute atomic E-state index is 12.4. The number of anilines is 3. The Bertz CT molecular complexity index is 605. The van der Waals surface area contributed by atoms with Gasteiger partial charge in [-0.25, -0.2) is 4.79 Å². The van der Waals surface area contributed by atoms with Crippen LogP contribution in [0.1, 0.15) is 5.56 Å². The lowest BCUT2D eigenvalue weighted by Gasteiger charge is -2.09. The maximum Gasteiger partial charge on any atom is 0.416 e. The third-order valence-corrected chi connectivity index (χ3v) is 2.38. The molecule has 2 amide bonds. The summed E-state index contributed by atoms with van der Waals surface area (Å²) in [6, 6.07) is 3.40. The number of nitrogens with two attached hydrogens (primary N) is 1. The summed E-state index contributed by atoms with van der Waals surface area (Å²) >= 11 is 0. The van der Waals surface area contributed by atoms with Crippen LogP contribution in [0.3, 0.4) is 0 Å². The first-order valence-electron chi connectivity index (χ1n) is 5.40. The van der Waals surface area contributed by atoms with Gasteiger partial charge < -0.3 is 11.1 Å². The summed E-state index contributed by atoms with van der Waals surface area (Å²) in [7, 11) is 0. The quantitative estimate of drug-likeness (QED) is 0.683. The van der Waals surface area contributed by atoms with Crippen molar-refractivity contribution in [3.05, 3.63) is 36.0 Å². The van der Waals surface area contributed by atoms with Crippen LogP contribution in [0, 0.1) is 0 Å². The predicted molar refractivity (Wildman–Crippen MR) is 67.1 cm³/mol. The van der Waals surface area contributed by atoms with Gasteiger partial charge in [0.2, 0.25) is 0 Å². The molecule has 5 N–H and O–H groups in total. The van der Waals surface area contributed by atoms with Crippen molar-refractivity contribution >= 4 is 23.2 Å². The summed E-state index contributed by atoms with van der Waals surface area (Å²) in [5, 5.41) is 10.8. The fourth-order valence-corrected chi connectivity index (χ4v) is 1.41. The van der Waals surface area contributed by atoms with Crippen LogP contribution >= 0.6 is 0 Å². The molecule has 9 heteroatoms. The van der Waals surface area contributed by atoms with E-state index in [-0.39, 0.29) is 17.2 Å². The second-order valence-corrected chi connectivity index (χ2v) is 3.85. The number of aromatic amines is 1. The molecule has 0 unspecified atom stereocenters. The molecule has 2 aromatic rings. The minimum Gasteiger partial charge on any atom is -0.394 e.